The highest BCUT2D eigenvalue weighted by Gasteiger charge is 2.45. The Hall–Kier alpha value is -2.94. The Morgan fingerprint density at radius 3 is 1.13 bits per heavy atom. The second-order valence-corrected chi connectivity index (χ2v) is 17.3. The molecule has 10 nitrogen and oxygen atoms in total. The van der Waals surface area contributed by atoms with Crippen molar-refractivity contribution in [2.75, 3.05) is 49.3 Å². The topological polar surface area (TPSA) is 127 Å². The van der Waals surface area contributed by atoms with Crippen LogP contribution in [0.4, 0.5) is 0 Å². The molecule has 0 radical (unpaired) electrons. The van der Waals surface area contributed by atoms with Crippen molar-refractivity contribution in [1.82, 2.24) is 9.80 Å². The number of piperazine rings is 1. The fraction of sp³-hybridized carbons (Fsp3) is 0.526. The first kappa shape index (κ1) is 43.5. The van der Waals surface area contributed by atoms with Gasteiger partial charge in [0.25, 0.3) is 0 Å². The summed E-state index contributed by atoms with van der Waals surface area (Å²) in [6, 6.07) is 13.6. The number of carbonyl (C=O) groups excluding carboxylic acids is 6. The highest BCUT2D eigenvalue weighted by Crippen LogP contribution is 2.27. The third-order valence-electron chi connectivity index (χ3n) is 8.02. The number of thioether (sulfide) groups is 4. The van der Waals surface area contributed by atoms with Crippen molar-refractivity contribution in [3.63, 3.8) is 0 Å². The van der Waals surface area contributed by atoms with E-state index in [4.69, 9.17) is 9.47 Å². The van der Waals surface area contributed by atoms with Crippen molar-refractivity contribution in [2.24, 2.45) is 0 Å². The average molecular weight is 791 g/mol. The lowest BCUT2D eigenvalue weighted by molar-refractivity contribution is -0.161. The maximum atomic E-state index is 14.4. The van der Waals surface area contributed by atoms with E-state index < -0.39 is 12.1 Å². The fourth-order valence-electron chi connectivity index (χ4n) is 5.61. The Kier molecular flexibility index (Phi) is 19.8. The second kappa shape index (κ2) is 23.7. The van der Waals surface area contributed by atoms with Gasteiger partial charge in [0, 0.05) is 76.6 Å². The summed E-state index contributed by atoms with van der Waals surface area (Å²) in [5.41, 5.74) is 1.77. The van der Waals surface area contributed by atoms with Crippen LogP contribution >= 0.6 is 47.0 Å². The molecule has 52 heavy (non-hydrogen) atoms. The maximum Gasteiger partial charge on any atom is 0.246 e. The Balaban J connectivity index is 1.79. The minimum absolute atomic E-state index is 0.00682. The minimum atomic E-state index is -0.723. The predicted octanol–water partition coefficient (Wildman–Crippen LogP) is 6.32. The van der Waals surface area contributed by atoms with Crippen molar-refractivity contribution in [3.8, 4) is 11.5 Å². The van der Waals surface area contributed by atoms with E-state index in [-0.39, 0.29) is 32.3 Å². The van der Waals surface area contributed by atoms with Crippen LogP contribution in [0.1, 0.15) is 64.5 Å². The normalized spacial score (nSPS) is 15.8. The van der Waals surface area contributed by atoms with E-state index in [0.29, 0.717) is 86.5 Å². The first-order valence-corrected chi connectivity index (χ1v) is 21.5. The van der Waals surface area contributed by atoms with Crippen LogP contribution in [0.5, 0.6) is 11.5 Å². The molecule has 3 rings (SSSR count). The van der Waals surface area contributed by atoms with Crippen molar-refractivity contribution >= 4 is 79.3 Å². The fourth-order valence-corrected chi connectivity index (χ4v) is 7.83. The van der Waals surface area contributed by atoms with Gasteiger partial charge in [0.1, 0.15) is 23.6 Å². The van der Waals surface area contributed by atoms with Gasteiger partial charge in [-0.15, -0.1) is 0 Å². The standard InChI is InChI=1S/C38H50N2O8S4/c1-27(41)49-21-5-17-39-35(25-31-9-13-33(14-10-31)47-19-7-23-51-29(3)43)38(46)40(18-6-22-50-28(2)42)36(37(39)45)26-32-11-15-34(16-12-32)48-20-8-24-52-30(4)44/h9-16,35-36H,5-8,17-26H2,1-4H3/t35-,36?/m0/s1. The molecule has 0 aromatic heterocycles. The molecule has 0 bridgehead atoms. The van der Waals surface area contributed by atoms with E-state index >= 15 is 0 Å². The highest BCUT2D eigenvalue weighted by atomic mass is 32.2. The number of nitrogens with zero attached hydrogens (tertiary/aromatic N) is 2. The smallest absolute Gasteiger partial charge is 0.246 e. The monoisotopic (exact) mass is 790 g/mol. The molecule has 14 heteroatoms. The minimum Gasteiger partial charge on any atom is -0.494 e. The third kappa shape index (κ3) is 16.0. The van der Waals surface area contributed by atoms with E-state index in [1.54, 1.807) is 23.6 Å². The molecule has 1 unspecified atom stereocenters. The van der Waals surface area contributed by atoms with Crippen molar-refractivity contribution in [1.29, 1.82) is 0 Å². The van der Waals surface area contributed by atoms with Crippen LogP contribution in [-0.2, 0) is 41.6 Å². The van der Waals surface area contributed by atoms with Gasteiger partial charge in [0.15, 0.2) is 20.5 Å². The number of ether oxygens (including phenoxy) is 2. The Morgan fingerprint density at radius 1 is 0.519 bits per heavy atom. The predicted molar refractivity (Wildman–Crippen MR) is 213 cm³/mol. The molecule has 0 aliphatic carbocycles. The van der Waals surface area contributed by atoms with Crippen LogP contribution in [0.3, 0.4) is 0 Å². The zero-order valence-electron chi connectivity index (χ0n) is 30.5. The summed E-state index contributed by atoms with van der Waals surface area (Å²) in [5, 5.41) is 0.181. The summed E-state index contributed by atoms with van der Waals surface area (Å²) in [4.78, 5) is 77.8. The van der Waals surface area contributed by atoms with Gasteiger partial charge < -0.3 is 19.3 Å². The summed E-state index contributed by atoms with van der Waals surface area (Å²) < 4.78 is 11.7. The molecule has 2 aromatic rings. The third-order valence-corrected chi connectivity index (χ3v) is 11.6. The van der Waals surface area contributed by atoms with Crippen LogP contribution in [0.2, 0.25) is 0 Å². The van der Waals surface area contributed by atoms with Crippen LogP contribution in [-0.4, -0.2) is 103 Å². The van der Waals surface area contributed by atoms with Gasteiger partial charge in [0.2, 0.25) is 11.8 Å². The molecule has 2 aromatic carbocycles. The van der Waals surface area contributed by atoms with Crippen LogP contribution in [0.25, 0.3) is 0 Å². The first-order chi connectivity index (χ1) is 24.9. The van der Waals surface area contributed by atoms with Gasteiger partial charge >= 0.3 is 0 Å². The summed E-state index contributed by atoms with van der Waals surface area (Å²) >= 11 is 4.97. The Bertz CT molecular complexity index is 1380. The molecule has 0 N–H and O–H groups in total. The van der Waals surface area contributed by atoms with Crippen LogP contribution in [0.15, 0.2) is 48.5 Å². The zero-order valence-corrected chi connectivity index (χ0v) is 33.7. The van der Waals surface area contributed by atoms with Gasteiger partial charge in [-0.25, -0.2) is 0 Å². The number of hydrogen-bond donors (Lipinski definition) is 0. The van der Waals surface area contributed by atoms with Crippen LogP contribution < -0.4 is 9.47 Å². The number of amides is 2. The van der Waals surface area contributed by atoms with E-state index in [1.807, 2.05) is 48.5 Å². The Labute approximate surface area is 324 Å². The second-order valence-electron chi connectivity index (χ2n) is 12.3. The van der Waals surface area contributed by atoms with Crippen molar-refractivity contribution < 1.29 is 38.2 Å². The van der Waals surface area contributed by atoms with Gasteiger partial charge in [-0.2, -0.15) is 0 Å². The molecule has 2 atom stereocenters. The van der Waals surface area contributed by atoms with E-state index in [9.17, 15) is 28.8 Å². The number of hydrogen-bond acceptors (Lipinski definition) is 12. The number of benzene rings is 2. The van der Waals surface area contributed by atoms with Gasteiger partial charge in [-0.3, -0.25) is 28.8 Å². The summed E-state index contributed by atoms with van der Waals surface area (Å²) in [6.07, 6.45) is 3.25. The number of rotatable bonds is 22. The van der Waals surface area contributed by atoms with E-state index in [1.165, 1.54) is 60.9 Å². The molecule has 0 saturated carbocycles. The summed E-state index contributed by atoms with van der Waals surface area (Å²) in [7, 11) is 0. The van der Waals surface area contributed by atoms with Gasteiger partial charge in [0.05, 0.1) is 13.2 Å². The van der Waals surface area contributed by atoms with Crippen molar-refractivity contribution in [3.05, 3.63) is 59.7 Å². The highest BCUT2D eigenvalue weighted by molar-refractivity contribution is 8.14. The van der Waals surface area contributed by atoms with Crippen LogP contribution in [0, 0.1) is 0 Å². The number of carbonyl (C=O) groups is 6. The largest absolute Gasteiger partial charge is 0.494 e. The van der Waals surface area contributed by atoms with Gasteiger partial charge in [-0.05, 0) is 61.1 Å². The molecular weight excluding hydrogens is 741 g/mol. The molecule has 1 heterocycles. The lowest BCUT2D eigenvalue weighted by atomic mass is 9.94. The quantitative estimate of drug-likeness (QED) is 0.124. The summed E-state index contributed by atoms with van der Waals surface area (Å²) in [5.74, 6) is 3.58. The maximum absolute atomic E-state index is 14.4. The molecule has 1 fully saturated rings. The molecule has 1 aliphatic heterocycles. The molecule has 1 saturated heterocycles. The zero-order chi connectivity index (χ0) is 37.9. The van der Waals surface area contributed by atoms with E-state index in [2.05, 4.69) is 0 Å². The first-order valence-electron chi connectivity index (χ1n) is 17.5. The summed E-state index contributed by atoms with van der Waals surface area (Å²) in [6.45, 7) is 7.78. The molecule has 2 amide bonds. The van der Waals surface area contributed by atoms with E-state index in [0.717, 1.165) is 24.0 Å². The lowest BCUT2D eigenvalue weighted by Gasteiger charge is -2.45. The Morgan fingerprint density at radius 2 is 0.827 bits per heavy atom. The van der Waals surface area contributed by atoms with Crippen molar-refractivity contribution in [2.45, 2.75) is 78.3 Å². The molecule has 1 aliphatic rings. The lowest BCUT2D eigenvalue weighted by Crippen LogP contribution is -2.66. The van der Waals surface area contributed by atoms with Gasteiger partial charge in [-0.1, -0.05) is 71.3 Å². The average Bonchev–Trinajstić information content (AvgIpc) is 3.09. The molecular formula is C38H50N2O8S4. The SMILES string of the molecule is CC(=O)SCCCOc1ccc(CC2C(=O)N(CCCSC(C)=O)[C@@H](Cc3ccc(OCCCSC(C)=O)cc3)C(=O)N2CCCSC(C)=O)cc1. The molecule has 284 valence electrons. The molecule has 0 spiro atoms.